The fraction of sp³-hybridized carbons (Fsp3) is 0.750. The summed E-state index contributed by atoms with van der Waals surface area (Å²) in [5.74, 6) is -0.295. The molecule has 1 amide bonds. The topological polar surface area (TPSA) is 46.6 Å². The highest BCUT2D eigenvalue weighted by Gasteiger charge is 2.08. The quantitative estimate of drug-likeness (QED) is 0.579. The smallest absolute Gasteiger partial charge is 0.307 e. The Bertz CT molecular complexity index is 168. The first-order chi connectivity index (χ1) is 5.61. The molecule has 0 N–H and O–H groups in total. The van der Waals surface area contributed by atoms with Crippen LogP contribution < -0.4 is 0 Å². The van der Waals surface area contributed by atoms with Crippen LogP contribution >= 0.6 is 0 Å². The van der Waals surface area contributed by atoms with Crippen LogP contribution in [0.3, 0.4) is 0 Å². The molecule has 0 saturated carbocycles. The third-order valence-corrected chi connectivity index (χ3v) is 1.64. The Kier molecular flexibility index (Phi) is 5.08. The van der Waals surface area contributed by atoms with Crippen LogP contribution in [0.5, 0.6) is 0 Å². The molecule has 0 heterocycles. The SMILES string of the molecule is CCN(CCC(=O)OC)C(C)=O. The van der Waals surface area contributed by atoms with Crippen molar-refractivity contribution >= 4 is 11.9 Å². The van der Waals surface area contributed by atoms with Crippen molar-refractivity contribution < 1.29 is 14.3 Å². The number of nitrogens with zero attached hydrogens (tertiary/aromatic N) is 1. The van der Waals surface area contributed by atoms with Gasteiger partial charge in [-0.3, -0.25) is 9.59 Å². The Hall–Kier alpha value is -1.06. The van der Waals surface area contributed by atoms with Crippen molar-refractivity contribution in [2.24, 2.45) is 0 Å². The lowest BCUT2D eigenvalue weighted by Crippen LogP contribution is -2.30. The summed E-state index contributed by atoms with van der Waals surface area (Å²) in [7, 11) is 1.34. The molecule has 4 heteroatoms. The summed E-state index contributed by atoms with van der Waals surface area (Å²) >= 11 is 0. The number of amides is 1. The minimum atomic E-state index is -0.283. The zero-order valence-electron chi connectivity index (χ0n) is 7.79. The van der Waals surface area contributed by atoms with Gasteiger partial charge in [0.2, 0.25) is 5.91 Å². The molecule has 0 unspecified atom stereocenters. The lowest BCUT2D eigenvalue weighted by atomic mass is 10.3. The molecule has 0 aromatic heterocycles. The highest BCUT2D eigenvalue weighted by molar-refractivity contribution is 5.74. The van der Waals surface area contributed by atoms with Gasteiger partial charge in [0.05, 0.1) is 13.5 Å². The minimum absolute atomic E-state index is 0.0126. The van der Waals surface area contributed by atoms with E-state index in [-0.39, 0.29) is 18.3 Å². The van der Waals surface area contributed by atoms with Crippen molar-refractivity contribution in [1.29, 1.82) is 0 Å². The summed E-state index contributed by atoms with van der Waals surface area (Å²) in [5, 5.41) is 0. The summed E-state index contributed by atoms with van der Waals surface area (Å²) in [4.78, 5) is 23.1. The normalized spacial score (nSPS) is 9.25. The van der Waals surface area contributed by atoms with E-state index in [9.17, 15) is 9.59 Å². The van der Waals surface area contributed by atoms with Gasteiger partial charge < -0.3 is 9.64 Å². The summed E-state index contributed by atoms with van der Waals surface area (Å²) < 4.78 is 4.45. The van der Waals surface area contributed by atoms with Crippen LogP contribution in [0.2, 0.25) is 0 Å². The molecule has 0 saturated heterocycles. The second-order valence-electron chi connectivity index (χ2n) is 2.42. The molecule has 0 fully saturated rings. The standard InChI is InChI=1S/C8H15NO3/c1-4-9(7(2)10)6-5-8(11)12-3/h4-6H2,1-3H3. The Balaban J connectivity index is 3.73. The Labute approximate surface area is 72.5 Å². The molecule has 0 aliphatic heterocycles. The molecule has 0 aromatic carbocycles. The van der Waals surface area contributed by atoms with E-state index in [1.165, 1.54) is 14.0 Å². The zero-order valence-corrected chi connectivity index (χ0v) is 7.79. The van der Waals surface area contributed by atoms with Gasteiger partial charge in [0.1, 0.15) is 0 Å². The van der Waals surface area contributed by atoms with Gasteiger partial charge in [0.25, 0.3) is 0 Å². The summed E-state index contributed by atoms with van der Waals surface area (Å²) in [6.07, 6.45) is 0.268. The molecule has 0 bridgehead atoms. The third-order valence-electron chi connectivity index (χ3n) is 1.64. The highest BCUT2D eigenvalue weighted by atomic mass is 16.5. The van der Waals surface area contributed by atoms with Gasteiger partial charge >= 0.3 is 5.97 Å². The molecule has 0 radical (unpaired) electrons. The lowest BCUT2D eigenvalue weighted by molar-refractivity contribution is -0.141. The van der Waals surface area contributed by atoms with Crippen molar-refractivity contribution in [2.45, 2.75) is 20.3 Å². The van der Waals surface area contributed by atoms with E-state index in [2.05, 4.69) is 4.74 Å². The second-order valence-corrected chi connectivity index (χ2v) is 2.42. The molecule has 0 spiro atoms. The van der Waals surface area contributed by atoms with Gasteiger partial charge in [-0.1, -0.05) is 0 Å². The number of hydrogen-bond donors (Lipinski definition) is 0. The Morgan fingerprint density at radius 2 is 2.00 bits per heavy atom. The average Bonchev–Trinajstić information content (AvgIpc) is 2.04. The van der Waals surface area contributed by atoms with Crippen LogP contribution in [-0.2, 0) is 14.3 Å². The fourth-order valence-electron chi connectivity index (χ4n) is 0.867. The lowest BCUT2D eigenvalue weighted by Gasteiger charge is -2.17. The first-order valence-electron chi connectivity index (χ1n) is 3.94. The molecule has 0 rings (SSSR count). The van der Waals surface area contributed by atoms with E-state index in [1.807, 2.05) is 6.92 Å². The number of rotatable bonds is 4. The largest absolute Gasteiger partial charge is 0.469 e. The third kappa shape index (κ3) is 3.95. The van der Waals surface area contributed by atoms with Crippen molar-refractivity contribution in [1.82, 2.24) is 4.90 Å². The van der Waals surface area contributed by atoms with Gasteiger partial charge in [-0.25, -0.2) is 0 Å². The van der Waals surface area contributed by atoms with E-state index < -0.39 is 0 Å². The molecular weight excluding hydrogens is 158 g/mol. The van der Waals surface area contributed by atoms with Crippen molar-refractivity contribution in [3.8, 4) is 0 Å². The summed E-state index contributed by atoms with van der Waals surface area (Å²) in [5.41, 5.74) is 0. The molecular formula is C8H15NO3. The molecule has 12 heavy (non-hydrogen) atoms. The zero-order chi connectivity index (χ0) is 9.56. The van der Waals surface area contributed by atoms with E-state index >= 15 is 0 Å². The molecule has 0 atom stereocenters. The minimum Gasteiger partial charge on any atom is -0.469 e. The number of methoxy groups -OCH3 is 1. The van der Waals surface area contributed by atoms with Crippen LogP contribution in [0, 0.1) is 0 Å². The highest BCUT2D eigenvalue weighted by Crippen LogP contribution is 1.93. The van der Waals surface area contributed by atoms with Crippen LogP contribution in [0.25, 0.3) is 0 Å². The fourth-order valence-corrected chi connectivity index (χ4v) is 0.867. The number of carbonyl (C=O) groups is 2. The van der Waals surface area contributed by atoms with E-state index in [0.717, 1.165) is 0 Å². The maximum atomic E-state index is 10.8. The van der Waals surface area contributed by atoms with Gasteiger partial charge in [-0.15, -0.1) is 0 Å². The monoisotopic (exact) mass is 173 g/mol. The van der Waals surface area contributed by atoms with Crippen LogP contribution in [0.1, 0.15) is 20.3 Å². The predicted octanol–water partition coefficient (Wildman–Crippen LogP) is 0.418. The van der Waals surface area contributed by atoms with Gasteiger partial charge in [0.15, 0.2) is 0 Å². The summed E-state index contributed by atoms with van der Waals surface area (Å²) in [6.45, 7) is 4.43. The van der Waals surface area contributed by atoms with Gasteiger partial charge in [-0.2, -0.15) is 0 Å². The summed E-state index contributed by atoms with van der Waals surface area (Å²) in [6, 6.07) is 0. The van der Waals surface area contributed by atoms with Crippen LogP contribution in [-0.4, -0.2) is 37.0 Å². The van der Waals surface area contributed by atoms with E-state index in [0.29, 0.717) is 13.1 Å². The Morgan fingerprint density at radius 1 is 1.42 bits per heavy atom. The van der Waals surface area contributed by atoms with Gasteiger partial charge in [-0.05, 0) is 6.92 Å². The number of carbonyl (C=O) groups excluding carboxylic acids is 2. The molecule has 0 aromatic rings. The molecule has 70 valence electrons. The second kappa shape index (κ2) is 5.57. The average molecular weight is 173 g/mol. The molecule has 4 nitrogen and oxygen atoms in total. The van der Waals surface area contributed by atoms with E-state index in [1.54, 1.807) is 4.90 Å². The molecule has 0 aliphatic rings. The predicted molar refractivity (Wildman–Crippen MR) is 44.6 cm³/mol. The maximum absolute atomic E-state index is 10.8. The van der Waals surface area contributed by atoms with Crippen molar-refractivity contribution in [3.05, 3.63) is 0 Å². The number of hydrogen-bond acceptors (Lipinski definition) is 3. The first-order valence-corrected chi connectivity index (χ1v) is 3.94. The van der Waals surface area contributed by atoms with Crippen LogP contribution in [0.15, 0.2) is 0 Å². The van der Waals surface area contributed by atoms with Crippen LogP contribution in [0.4, 0.5) is 0 Å². The van der Waals surface area contributed by atoms with Crippen molar-refractivity contribution in [2.75, 3.05) is 20.2 Å². The Morgan fingerprint density at radius 3 is 2.33 bits per heavy atom. The molecule has 0 aliphatic carbocycles. The van der Waals surface area contributed by atoms with Gasteiger partial charge in [0, 0.05) is 20.0 Å². The maximum Gasteiger partial charge on any atom is 0.307 e. The van der Waals surface area contributed by atoms with E-state index in [4.69, 9.17) is 0 Å². The number of esters is 1. The van der Waals surface area contributed by atoms with Crippen molar-refractivity contribution in [3.63, 3.8) is 0 Å². The number of ether oxygens (including phenoxy) is 1. The first kappa shape index (κ1) is 10.9.